The van der Waals surface area contributed by atoms with E-state index in [1.165, 1.54) is 218 Å². The SMILES string of the molecule is CCCCCCCCCCCCCCCCCCCCCC(=O)OCC[N+](C)(C)CCOC(=O)CCCCCCCCCCCCCCCCCCCCC. The molecule has 328 valence electrons. The molecule has 0 saturated heterocycles. The van der Waals surface area contributed by atoms with E-state index in [1.807, 2.05) is 0 Å². The third kappa shape index (κ3) is 45.5. The summed E-state index contributed by atoms with van der Waals surface area (Å²) in [4.78, 5) is 24.4. The molecule has 0 aliphatic rings. The highest BCUT2D eigenvalue weighted by Gasteiger charge is 2.17. The van der Waals surface area contributed by atoms with Gasteiger partial charge >= 0.3 is 11.9 Å². The molecule has 0 bridgehead atoms. The molecule has 0 spiro atoms. The summed E-state index contributed by atoms with van der Waals surface area (Å²) in [6.45, 7) is 6.92. The maximum Gasteiger partial charge on any atom is 0.305 e. The molecule has 0 N–H and O–H groups in total. The predicted molar refractivity (Wildman–Crippen MR) is 240 cm³/mol. The Balaban J connectivity index is 3.43. The molecule has 0 aromatic rings. The number of likely N-dealkylation sites (N-methyl/N-ethyl adjacent to an activating group) is 1. The summed E-state index contributed by atoms with van der Waals surface area (Å²) >= 11 is 0. The first-order chi connectivity index (χ1) is 26.9. The van der Waals surface area contributed by atoms with Crippen molar-refractivity contribution in [3.63, 3.8) is 0 Å². The maximum absolute atomic E-state index is 12.2. The Morgan fingerprint density at radius 2 is 0.491 bits per heavy atom. The lowest BCUT2D eigenvalue weighted by Gasteiger charge is -2.29. The number of quaternary nitrogens is 1. The van der Waals surface area contributed by atoms with Crippen LogP contribution in [0.15, 0.2) is 0 Å². The summed E-state index contributed by atoms with van der Waals surface area (Å²) in [6.07, 6.45) is 52.7. The van der Waals surface area contributed by atoms with Crippen LogP contribution >= 0.6 is 0 Å². The fourth-order valence-corrected chi connectivity index (χ4v) is 7.76. The molecular weight excluding hydrogens is 679 g/mol. The van der Waals surface area contributed by atoms with Crippen molar-refractivity contribution >= 4 is 11.9 Å². The molecule has 55 heavy (non-hydrogen) atoms. The van der Waals surface area contributed by atoms with E-state index in [0.29, 0.717) is 30.5 Å². The molecule has 0 aliphatic heterocycles. The van der Waals surface area contributed by atoms with Gasteiger partial charge in [-0.15, -0.1) is 0 Å². The van der Waals surface area contributed by atoms with Gasteiger partial charge in [0.2, 0.25) is 0 Å². The van der Waals surface area contributed by atoms with Crippen molar-refractivity contribution in [3.8, 4) is 0 Å². The molecule has 0 atom stereocenters. The molecule has 5 nitrogen and oxygen atoms in total. The van der Waals surface area contributed by atoms with E-state index in [-0.39, 0.29) is 11.9 Å². The van der Waals surface area contributed by atoms with Crippen LogP contribution in [0.25, 0.3) is 0 Å². The largest absolute Gasteiger partial charge is 0.460 e. The Morgan fingerprint density at radius 1 is 0.309 bits per heavy atom. The summed E-state index contributed by atoms with van der Waals surface area (Å²) < 4.78 is 11.7. The Morgan fingerprint density at radius 3 is 0.691 bits per heavy atom. The van der Waals surface area contributed by atoms with Crippen LogP contribution in [0.3, 0.4) is 0 Å². The van der Waals surface area contributed by atoms with Crippen LogP contribution in [-0.4, -0.2) is 56.8 Å². The minimum Gasteiger partial charge on any atom is -0.460 e. The van der Waals surface area contributed by atoms with Gasteiger partial charge in [-0.2, -0.15) is 0 Å². The number of hydrogen-bond donors (Lipinski definition) is 0. The summed E-state index contributed by atoms with van der Waals surface area (Å²) in [6, 6.07) is 0. The number of carbonyl (C=O) groups is 2. The van der Waals surface area contributed by atoms with Gasteiger partial charge in [0, 0.05) is 12.8 Å². The number of nitrogens with zero attached hydrogens (tertiary/aromatic N) is 1. The molecular formula is C50H100NO4+. The zero-order valence-corrected chi connectivity index (χ0v) is 38.2. The zero-order chi connectivity index (χ0) is 40.2. The maximum atomic E-state index is 12.2. The van der Waals surface area contributed by atoms with E-state index in [9.17, 15) is 9.59 Å². The molecule has 0 rings (SSSR count). The number of carbonyl (C=O) groups excluding carboxylic acids is 2. The smallest absolute Gasteiger partial charge is 0.305 e. The second-order valence-corrected chi connectivity index (χ2v) is 18.1. The van der Waals surface area contributed by atoms with Crippen molar-refractivity contribution in [2.24, 2.45) is 0 Å². The van der Waals surface area contributed by atoms with Crippen LogP contribution in [0.2, 0.25) is 0 Å². The van der Waals surface area contributed by atoms with Gasteiger partial charge in [-0.05, 0) is 12.8 Å². The lowest BCUT2D eigenvalue weighted by atomic mass is 10.0. The van der Waals surface area contributed by atoms with Crippen LogP contribution in [0, 0.1) is 0 Å². The van der Waals surface area contributed by atoms with Crippen molar-refractivity contribution in [3.05, 3.63) is 0 Å². The van der Waals surface area contributed by atoms with Gasteiger partial charge in [0.25, 0.3) is 0 Å². The minimum atomic E-state index is -0.0713. The Labute approximate surface area is 345 Å². The van der Waals surface area contributed by atoms with Gasteiger partial charge in [0.1, 0.15) is 26.3 Å². The van der Waals surface area contributed by atoms with Gasteiger partial charge in [0.05, 0.1) is 14.1 Å². The summed E-state index contributed by atoms with van der Waals surface area (Å²) in [5.41, 5.74) is 0. The standard InChI is InChI=1S/C50H100NO4/c1-5-7-9-11-13-15-17-19-21-23-25-27-29-31-33-35-37-39-41-43-49(52)54-47-45-51(3,4)46-48-55-50(53)44-42-40-38-36-34-32-30-28-26-24-22-20-18-16-14-12-10-8-6-2/h5-48H2,1-4H3/q+1. The third-order valence-electron chi connectivity index (χ3n) is 11.9. The summed E-state index contributed by atoms with van der Waals surface area (Å²) in [5.74, 6) is -0.143. The Hall–Kier alpha value is -1.10. The summed E-state index contributed by atoms with van der Waals surface area (Å²) in [7, 11) is 4.22. The average Bonchev–Trinajstić information content (AvgIpc) is 3.16. The number of esters is 2. The first-order valence-electron chi connectivity index (χ1n) is 25.0. The lowest BCUT2D eigenvalue weighted by Crippen LogP contribution is -2.45. The second-order valence-electron chi connectivity index (χ2n) is 18.1. The lowest BCUT2D eigenvalue weighted by molar-refractivity contribution is -0.890. The molecule has 0 fully saturated rings. The fraction of sp³-hybridized carbons (Fsp3) is 0.960. The number of ether oxygens (including phenoxy) is 2. The fourth-order valence-electron chi connectivity index (χ4n) is 7.76. The monoisotopic (exact) mass is 779 g/mol. The zero-order valence-electron chi connectivity index (χ0n) is 38.2. The van der Waals surface area contributed by atoms with Crippen LogP contribution in [-0.2, 0) is 19.1 Å². The first kappa shape index (κ1) is 53.9. The van der Waals surface area contributed by atoms with Gasteiger partial charge in [-0.25, -0.2) is 0 Å². The quantitative estimate of drug-likeness (QED) is 0.0351. The van der Waals surface area contributed by atoms with E-state index in [1.54, 1.807) is 0 Å². The topological polar surface area (TPSA) is 52.6 Å². The molecule has 0 amide bonds. The van der Waals surface area contributed by atoms with Gasteiger partial charge < -0.3 is 14.0 Å². The molecule has 0 aromatic carbocycles. The Kier molecular flexibility index (Phi) is 43.1. The van der Waals surface area contributed by atoms with E-state index in [2.05, 4.69) is 27.9 Å². The highest BCUT2D eigenvalue weighted by molar-refractivity contribution is 5.69. The normalized spacial score (nSPS) is 11.7. The first-order valence-corrected chi connectivity index (χ1v) is 25.0. The van der Waals surface area contributed by atoms with Crippen molar-refractivity contribution in [2.75, 3.05) is 40.4 Å². The van der Waals surface area contributed by atoms with Crippen LogP contribution in [0.1, 0.15) is 271 Å². The van der Waals surface area contributed by atoms with Crippen LogP contribution in [0.4, 0.5) is 0 Å². The molecule has 0 heterocycles. The second kappa shape index (κ2) is 44.0. The van der Waals surface area contributed by atoms with Gasteiger partial charge in [0.15, 0.2) is 0 Å². The molecule has 0 radical (unpaired) electrons. The highest BCUT2D eigenvalue weighted by atomic mass is 16.5. The van der Waals surface area contributed by atoms with Crippen molar-refractivity contribution < 1.29 is 23.5 Å². The van der Waals surface area contributed by atoms with Crippen molar-refractivity contribution in [1.82, 2.24) is 0 Å². The molecule has 0 unspecified atom stereocenters. The molecule has 0 saturated carbocycles. The van der Waals surface area contributed by atoms with Crippen molar-refractivity contribution in [2.45, 2.75) is 271 Å². The predicted octanol–water partition coefficient (Wildman–Crippen LogP) is 15.8. The highest BCUT2D eigenvalue weighted by Crippen LogP contribution is 2.17. The van der Waals surface area contributed by atoms with E-state index >= 15 is 0 Å². The molecule has 5 heteroatoms. The number of rotatable bonds is 46. The van der Waals surface area contributed by atoms with Crippen molar-refractivity contribution in [1.29, 1.82) is 0 Å². The third-order valence-corrected chi connectivity index (χ3v) is 11.9. The van der Waals surface area contributed by atoms with E-state index in [4.69, 9.17) is 9.47 Å². The average molecular weight is 779 g/mol. The number of unbranched alkanes of at least 4 members (excludes halogenated alkanes) is 36. The van der Waals surface area contributed by atoms with Crippen LogP contribution in [0.5, 0.6) is 0 Å². The molecule has 0 aliphatic carbocycles. The Bertz CT molecular complexity index is 722. The van der Waals surface area contributed by atoms with Gasteiger partial charge in [-0.3, -0.25) is 9.59 Å². The summed E-state index contributed by atoms with van der Waals surface area (Å²) in [5, 5.41) is 0. The minimum absolute atomic E-state index is 0.0713. The van der Waals surface area contributed by atoms with E-state index in [0.717, 1.165) is 38.8 Å². The van der Waals surface area contributed by atoms with Gasteiger partial charge in [-0.1, -0.05) is 245 Å². The van der Waals surface area contributed by atoms with Crippen LogP contribution < -0.4 is 0 Å². The van der Waals surface area contributed by atoms with E-state index < -0.39 is 0 Å². The molecule has 0 aromatic heterocycles. The number of hydrogen-bond acceptors (Lipinski definition) is 4.